The highest BCUT2D eigenvalue weighted by atomic mass is 32.1. The zero-order chi connectivity index (χ0) is 21.8. The summed E-state index contributed by atoms with van der Waals surface area (Å²) in [6, 6.07) is 20.1. The molecule has 0 unspecified atom stereocenters. The fraction of sp³-hybridized carbons (Fsp3) is 0.240. The Kier molecular flexibility index (Phi) is 6.28. The average molecular weight is 432 g/mol. The van der Waals surface area contributed by atoms with Crippen molar-refractivity contribution in [3.05, 3.63) is 98.9 Å². The van der Waals surface area contributed by atoms with Gasteiger partial charge in [-0.25, -0.2) is 4.98 Å². The van der Waals surface area contributed by atoms with Gasteiger partial charge in [0.05, 0.1) is 11.7 Å². The van der Waals surface area contributed by atoms with Crippen molar-refractivity contribution in [3.63, 3.8) is 0 Å². The summed E-state index contributed by atoms with van der Waals surface area (Å²) in [5.74, 6) is -0.0901. The van der Waals surface area contributed by atoms with Gasteiger partial charge in [-0.15, -0.1) is 11.3 Å². The minimum atomic E-state index is -0.150. The maximum absolute atomic E-state index is 13.3. The third-order valence-corrected chi connectivity index (χ3v) is 6.66. The molecule has 0 saturated heterocycles. The molecule has 0 spiro atoms. The van der Waals surface area contributed by atoms with Crippen LogP contribution < -0.4 is 5.56 Å². The number of carbonyl (C=O) groups is 1. The molecule has 4 rings (SSSR count). The number of nitrogens with zero attached hydrogens (tertiary/aromatic N) is 3. The van der Waals surface area contributed by atoms with Gasteiger partial charge >= 0.3 is 0 Å². The Morgan fingerprint density at radius 1 is 1.00 bits per heavy atom. The van der Waals surface area contributed by atoms with E-state index in [9.17, 15) is 9.59 Å². The highest BCUT2D eigenvalue weighted by Gasteiger charge is 2.18. The van der Waals surface area contributed by atoms with Crippen molar-refractivity contribution in [2.45, 2.75) is 33.4 Å². The highest BCUT2D eigenvalue weighted by molar-refractivity contribution is 7.18. The number of hydrogen-bond acceptors (Lipinski definition) is 4. The molecule has 2 heterocycles. The second-order valence-corrected chi connectivity index (χ2v) is 8.88. The molecule has 0 radical (unpaired) electrons. The van der Waals surface area contributed by atoms with E-state index in [2.05, 4.69) is 17.1 Å². The van der Waals surface area contributed by atoms with Gasteiger partial charge in [0.2, 0.25) is 5.91 Å². The molecule has 1 amide bonds. The van der Waals surface area contributed by atoms with Crippen LogP contribution in [0, 0.1) is 13.8 Å². The Balaban J connectivity index is 1.57. The monoisotopic (exact) mass is 431 g/mol. The van der Waals surface area contributed by atoms with Crippen molar-refractivity contribution in [3.8, 4) is 0 Å². The van der Waals surface area contributed by atoms with E-state index >= 15 is 0 Å². The van der Waals surface area contributed by atoms with Gasteiger partial charge in [-0.3, -0.25) is 14.2 Å². The van der Waals surface area contributed by atoms with Crippen LogP contribution in [0.4, 0.5) is 0 Å². The summed E-state index contributed by atoms with van der Waals surface area (Å²) < 4.78 is 1.43. The van der Waals surface area contributed by atoms with Crippen molar-refractivity contribution >= 4 is 27.5 Å². The quantitative estimate of drug-likeness (QED) is 0.437. The summed E-state index contributed by atoms with van der Waals surface area (Å²) in [6.45, 7) is 5.00. The molecule has 6 heteroatoms. The summed E-state index contributed by atoms with van der Waals surface area (Å²) in [5, 5.41) is 0.622. The Morgan fingerprint density at radius 2 is 1.65 bits per heavy atom. The molecule has 2 aromatic heterocycles. The van der Waals surface area contributed by atoms with Gasteiger partial charge in [-0.1, -0.05) is 60.7 Å². The Labute approximate surface area is 185 Å². The molecule has 4 aromatic rings. The predicted octanol–water partition coefficient (Wildman–Crippen LogP) is 4.35. The van der Waals surface area contributed by atoms with Gasteiger partial charge in [0.15, 0.2) is 0 Å². The molecule has 0 saturated carbocycles. The van der Waals surface area contributed by atoms with Crippen molar-refractivity contribution in [1.82, 2.24) is 14.5 Å². The molecule has 158 valence electrons. The summed E-state index contributed by atoms with van der Waals surface area (Å²) in [7, 11) is 0. The minimum Gasteiger partial charge on any atom is -0.336 e. The lowest BCUT2D eigenvalue weighted by molar-refractivity contribution is -0.132. The van der Waals surface area contributed by atoms with Gasteiger partial charge in [0.25, 0.3) is 5.56 Å². The molecule has 0 N–H and O–H groups in total. The molecule has 0 fully saturated rings. The lowest BCUT2D eigenvalue weighted by Gasteiger charge is -2.23. The molecule has 31 heavy (non-hydrogen) atoms. The van der Waals surface area contributed by atoms with Crippen LogP contribution in [0.5, 0.6) is 0 Å². The van der Waals surface area contributed by atoms with Crippen molar-refractivity contribution < 1.29 is 4.79 Å². The smallest absolute Gasteiger partial charge is 0.262 e. The lowest BCUT2D eigenvalue weighted by atomic mass is 10.1. The van der Waals surface area contributed by atoms with Crippen LogP contribution in [0.15, 0.2) is 71.8 Å². The number of hydrogen-bond donors (Lipinski definition) is 0. The molecule has 0 atom stereocenters. The van der Waals surface area contributed by atoms with Crippen LogP contribution in [0.3, 0.4) is 0 Å². The van der Waals surface area contributed by atoms with E-state index in [-0.39, 0.29) is 18.0 Å². The summed E-state index contributed by atoms with van der Waals surface area (Å²) in [6.07, 6.45) is 2.25. The summed E-state index contributed by atoms with van der Waals surface area (Å²) >= 11 is 1.51. The zero-order valence-corrected chi connectivity index (χ0v) is 18.6. The number of benzene rings is 2. The molecular weight excluding hydrogens is 406 g/mol. The number of fused-ring (bicyclic) bond motifs is 1. The van der Waals surface area contributed by atoms with Gasteiger partial charge in [-0.05, 0) is 37.0 Å². The number of rotatable bonds is 7. The Morgan fingerprint density at radius 3 is 2.32 bits per heavy atom. The van der Waals surface area contributed by atoms with E-state index in [4.69, 9.17) is 0 Å². The predicted molar refractivity (Wildman–Crippen MR) is 125 cm³/mol. The number of carbonyl (C=O) groups excluding carboxylic acids is 1. The van der Waals surface area contributed by atoms with Gasteiger partial charge < -0.3 is 4.90 Å². The van der Waals surface area contributed by atoms with Crippen LogP contribution in [-0.4, -0.2) is 26.9 Å². The van der Waals surface area contributed by atoms with E-state index < -0.39 is 0 Å². The maximum Gasteiger partial charge on any atom is 0.262 e. The fourth-order valence-electron chi connectivity index (χ4n) is 3.63. The first-order valence-corrected chi connectivity index (χ1v) is 11.2. The SMILES string of the molecule is Cc1sc2ncn(CC(=O)N(CCc3ccccc3)Cc3ccccc3)c(=O)c2c1C. The number of aromatic nitrogens is 2. The third kappa shape index (κ3) is 4.75. The number of thiophene rings is 1. The molecule has 0 aliphatic carbocycles. The Bertz CT molecular complexity index is 1250. The maximum atomic E-state index is 13.3. The van der Waals surface area contributed by atoms with Crippen molar-refractivity contribution in [1.29, 1.82) is 0 Å². The average Bonchev–Trinajstić information content (AvgIpc) is 3.08. The van der Waals surface area contributed by atoms with E-state index in [0.717, 1.165) is 27.3 Å². The summed E-state index contributed by atoms with van der Waals surface area (Å²) in [4.78, 5) is 34.3. The van der Waals surface area contributed by atoms with E-state index in [1.165, 1.54) is 27.8 Å². The van der Waals surface area contributed by atoms with E-state index in [0.29, 0.717) is 18.5 Å². The largest absolute Gasteiger partial charge is 0.336 e. The third-order valence-electron chi connectivity index (χ3n) is 5.54. The van der Waals surface area contributed by atoms with Crippen LogP contribution in [0.1, 0.15) is 21.6 Å². The van der Waals surface area contributed by atoms with Crippen LogP contribution in [0.25, 0.3) is 10.2 Å². The molecule has 5 nitrogen and oxygen atoms in total. The van der Waals surface area contributed by atoms with E-state index in [1.54, 1.807) is 0 Å². The highest BCUT2D eigenvalue weighted by Crippen LogP contribution is 2.25. The standard InChI is InChI=1S/C25H25N3O2S/c1-18-19(2)31-24-23(18)25(30)28(17-26-24)16-22(29)27(15-21-11-7-4-8-12-21)14-13-20-9-5-3-6-10-20/h3-12,17H,13-16H2,1-2H3. The van der Waals surface area contributed by atoms with Crippen LogP contribution >= 0.6 is 11.3 Å². The first-order chi connectivity index (χ1) is 15.0. The fourth-order valence-corrected chi connectivity index (χ4v) is 4.62. The first kappa shape index (κ1) is 21.0. The van der Waals surface area contributed by atoms with Gasteiger partial charge in [0.1, 0.15) is 11.4 Å². The van der Waals surface area contributed by atoms with Crippen molar-refractivity contribution in [2.75, 3.05) is 6.54 Å². The van der Waals surface area contributed by atoms with Crippen molar-refractivity contribution in [2.24, 2.45) is 0 Å². The first-order valence-electron chi connectivity index (χ1n) is 10.3. The molecule has 0 aliphatic rings. The molecule has 0 bridgehead atoms. The second-order valence-electron chi connectivity index (χ2n) is 7.68. The normalized spacial score (nSPS) is 11.0. The lowest BCUT2D eigenvalue weighted by Crippen LogP contribution is -2.37. The van der Waals surface area contributed by atoms with Crippen LogP contribution in [0.2, 0.25) is 0 Å². The van der Waals surface area contributed by atoms with Crippen LogP contribution in [-0.2, 0) is 24.3 Å². The number of aryl methyl sites for hydroxylation is 2. The Hall–Kier alpha value is -3.25. The zero-order valence-electron chi connectivity index (χ0n) is 17.7. The molecular formula is C25H25N3O2S. The van der Waals surface area contributed by atoms with Gasteiger partial charge in [-0.2, -0.15) is 0 Å². The minimum absolute atomic E-state index is 0.0161. The number of amides is 1. The van der Waals surface area contributed by atoms with Gasteiger partial charge in [0, 0.05) is 18.0 Å². The van der Waals surface area contributed by atoms with E-state index in [1.807, 2.05) is 67.3 Å². The molecule has 0 aliphatic heterocycles. The topological polar surface area (TPSA) is 55.2 Å². The molecule has 2 aromatic carbocycles. The second kappa shape index (κ2) is 9.27. The summed E-state index contributed by atoms with van der Waals surface area (Å²) in [5.41, 5.74) is 3.04.